The van der Waals surface area contributed by atoms with Gasteiger partial charge in [0.05, 0.1) is 11.2 Å². The monoisotopic (exact) mass is 507 g/mol. The second-order valence-electron chi connectivity index (χ2n) is 5.15. The highest BCUT2D eigenvalue weighted by molar-refractivity contribution is 14.1. The molecule has 0 saturated carbocycles. The summed E-state index contributed by atoms with van der Waals surface area (Å²) in [6.07, 6.45) is 0. The van der Waals surface area contributed by atoms with Crippen LogP contribution in [0.2, 0.25) is 0 Å². The quantitative estimate of drug-likeness (QED) is 0.219. The van der Waals surface area contributed by atoms with Crippen molar-refractivity contribution >= 4 is 66.9 Å². The summed E-state index contributed by atoms with van der Waals surface area (Å²) < 4.78 is 2.48. The first-order valence-electron chi connectivity index (χ1n) is 6.97. The molecule has 0 saturated heterocycles. The van der Waals surface area contributed by atoms with Gasteiger partial charge in [-0.1, -0.05) is 48.5 Å². The van der Waals surface area contributed by atoms with Crippen LogP contribution in [0.1, 0.15) is 0 Å². The molecule has 4 rings (SSSR count). The third-order valence-electron chi connectivity index (χ3n) is 3.79. The van der Waals surface area contributed by atoms with Gasteiger partial charge in [0.25, 0.3) is 0 Å². The SMILES string of the molecule is Ic1ccc(-c2nc3ccccc3c3ccccc23)c(I)c1. The Morgan fingerprint density at radius 2 is 1.36 bits per heavy atom. The Morgan fingerprint density at radius 3 is 2.14 bits per heavy atom. The highest BCUT2D eigenvalue weighted by atomic mass is 127. The largest absolute Gasteiger partial charge is 0.247 e. The van der Waals surface area contributed by atoms with E-state index >= 15 is 0 Å². The van der Waals surface area contributed by atoms with Crippen molar-refractivity contribution in [2.45, 2.75) is 0 Å². The summed E-state index contributed by atoms with van der Waals surface area (Å²) in [4.78, 5) is 4.96. The Bertz CT molecular complexity index is 1010. The molecule has 0 amide bonds. The predicted octanol–water partition coefficient (Wildman–Crippen LogP) is 6.26. The highest BCUT2D eigenvalue weighted by Gasteiger charge is 2.12. The first-order valence-corrected chi connectivity index (χ1v) is 9.13. The minimum atomic E-state index is 1.05. The van der Waals surface area contributed by atoms with E-state index in [0.29, 0.717) is 0 Å². The van der Waals surface area contributed by atoms with Crippen LogP contribution in [0.5, 0.6) is 0 Å². The number of hydrogen-bond acceptors (Lipinski definition) is 1. The van der Waals surface area contributed by atoms with Crippen molar-refractivity contribution in [2.24, 2.45) is 0 Å². The minimum absolute atomic E-state index is 1.05. The maximum Gasteiger partial charge on any atom is 0.0798 e. The number of pyridine rings is 1. The summed E-state index contributed by atoms with van der Waals surface area (Å²) in [7, 11) is 0. The van der Waals surface area contributed by atoms with Gasteiger partial charge in [0.2, 0.25) is 0 Å². The highest BCUT2D eigenvalue weighted by Crippen LogP contribution is 2.34. The van der Waals surface area contributed by atoms with E-state index in [-0.39, 0.29) is 0 Å². The van der Waals surface area contributed by atoms with Crippen LogP contribution >= 0.6 is 45.2 Å². The first-order chi connectivity index (χ1) is 10.7. The molecule has 0 N–H and O–H groups in total. The lowest BCUT2D eigenvalue weighted by Crippen LogP contribution is -1.92. The molecule has 0 spiro atoms. The zero-order valence-electron chi connectivity index (χ0n) is 11.6. The lowest BCUT2D eigenvalue weighted by molar-refractivity contribution is 1.41. The van der Waals surface area contributed by atoms with E-state index in [1.165, 1.54) is 28.9 Å². The van der Waals surface area contributed by atoms with Crippen LogP contribution in [0.4, 0.5) is 0 Å². The first kappa shape index (κ1) is 14.4. The second kappa shape index (κ2) is 5.77. The topological polar surface area (TPSA) is 12.9 Å². The van der Waals surface area contributed by atoms with Gasteiger partial charge in [-0.25, -0.2) is 4.98 Å². The lowest BCUT2D eigenvalue weighted by Gasteiger charge is -2.11. The van der Waals surface area contributed by atoms with Gasteiger partial charge in [0.15, 0.2) is 0 Å². The molecule has 0 bridgehead atoms. The molecule has 3 heteroatoms. The molecule has 0 unspecified atom stereocenters. The second-order valence-corrected chi connectivity index (χ2v) is 7.56. The van der Waals surface area contributed by atoms with Crippen molar-refractivity contribution < 1.29 is 0 Å². The maximum atomic E-state index is 4.96. The lowest BCUT2D eigenvalue weighted by atomic mass is 10.0. The van der Waals surface area contributed by atoms with Crippen LogP contribution in [0.3, 0.4) is 0 Å². The summed E-state index contributed by atoms with van der Waals surface area (Å²) in [5, 5.41) is 3.68. The van der Waals surface area contributed by atoms with Gasteiger partial charge in [-0.2, -0.15) is 0 Å². The van der Waals surface area contributed by atoms with Gasteiger partial charge >= 0.3 is 0 Å². The molecular formula is C19H11I2N. The molecule has 3 aromatic carbocycles. The number of hydrogen-bond donors (Lipinski definition) is 0. The Hall–Kier alpha value is -1.21. The molecule has 4 aromatic rings. The molecule has 0 aliphatic carbocycles. The summed E-state index contributed by atoms with van der Waals surface area (Å²) in [6.45, 7) is 0. The van der Waals surface area contributed by atoms with Crippen LogP contribution in [0, 0.1) is 7.14 Å². The average molecular weight is 507 g/mol. The third kappa shape index (κ3) is 2.40. The van der Waals surface area contributed by atoms with Crippen LogP contribution < -0.4 is 0 Å². The summed E-state index contributed by atoms with van der Waals surface area (Å²) in [6, 6.07) is 23.4. The number of fused-ring (bicyclic) bond motifs is 3. The van der Waals surface area contributed by atoms with Gasteiger partial charge in [-0.15, -0.1) is 0 Å². The standard InChI is InChI=1S/C19H11I2N/c20-12-9-10-16(17(21)11-12)19-15-7-2-1-5-13(15)14-6-3-4-8-18(14)22-19/h1-11H. The molecule has 0 fully saturated rings. The van der Waals surface area contributed by atoms with Crippen LogP contribution in [0.25, 0.3) is 32.9 Å². The zero-order valence-corrected chi connectivity index (χ0v) is 15.9. The van der Waals surface area contributed by atoms with Crippen LogP contribution in [0.15, 0.2) is 66.7 Å². The minimum Gasteiger partial charge on any atom is -0.247 e. The molecule has 22 heavy (non-hydrogen) atoms. The molecular weight excluding hydrogens is 496 g/mol. The molecule has 0 atom stereocenters. The zero-order chi connectivity index (χ0) is 15.1. The molecule has 106 valence electrons. The number of aromatic nitrogens is 1. The van der Waals surface area contributed by atoms with E-state index in [1.54, 1.807) is 0 Å². The van der Waals surface area contributed by atoms with Gasteiger partial charge < -0.3 is 0 Å². The maximum absolute atomic E-state index is 4.96. The van der Waals surface area contributed by atoms with Crippen molar-refractivity contribution in [3.05, 3.63) is 73.9 Å². The fraction of sp³-hybridized carbons (Fsp3) is 0. The summed E-state index contributed by atoms with van der Waals surface area (Å²) >= 11 is 4.75. The van der Waals surface area contributed by atoms with Gasteiger partial charge in [0, 0.05) is 23.5 Å². The van der Waals surface area contributed by atoms with Crippen molar-refractivity contribution in [1.82, 2.24) is 4.98 Å². The van der Waals surface area contributed by atoms with Gasteiger partial charge in [0.1, 0.15) is 0 Å². The van der Waals surface area contributed by atoms with E-state index in [1.807, 2.05) is 6.07 Å². The average Bonchev–Trinajstić information content (AvgIpc) is 2.54. The summed E-state index contributed by atoms with van der Waals surface area (Å²) in [5.74, 6) is 0. The van der Waals surface area contributed by atoms with Crippen LogP contribution in [-0.4, -0.2) is 4.98 Å². The van der Waals surface area contributed by atoms with Gasteiger partial charge in [-0.05, 0) is 68.8 Å². The van der Waals surface area contributed by atoms with Crippen molar-refractivity contribution in [1.29, 1.82) is 0 Å². The number of para-hydroxylation sites is 1. The molecule has 0 aliphatic rings. The van der Waals surface area contributed by atoms with Gasteiger partial charge in [-0.3, -0.25) is 0 Å². The van der Waals surface area contributed by atoms with E-state index in [9.17, 15) is 0 Å². The Kier molecular flexibility index (Phi) is 3.78. The molecule has 0 aliphatic heterocycles. The molecule has 1 heterocycles. The normalized spacial score (nSPS) is 11.2. The van der Waals surface area contributed by atoms with Crippen molar-refractivity contribution in [3.8, 4) is 11.3 Å². The van der Waals surface area contributed by atoms with Crippen molar-refractivity contribution in [3.63, 3.8) is 0 Å². The molecule has 0 radical (unpaired) electrons. The predicted molar refractivity (Wildman–Crippen MR) is 110 cm³/mol. The number of nitrogens with zero attached hydrogens (tertiary/aromatic N) is 1. The number of benzene rings is 3. The Balaban J connectivity index is 2.16. The molecule has 1 aromatic heterocycles. The number of halogens is 2. The smallest absolute Gasteiger partial charge is 0.0798 e. The fourth-order valence-electron chi connectivity index (χ4n) is 2.79. The van der Waals surface area contributed by atoms with E-state index in [4.69, 9.17) is 4.98 Å². The van der Waals surface area contributed by atoms with E-state index in [2.05, 4.69) is 106 Å². The Labute approximate surface area is 156 Å². The van der Waals surface area contributed by atoms with Crippen molar-refractivity contribution in [2.75, 3.05) is 0 Å². The van der Waals surface area contributed by atoms with Crippen LogP contribution in [-0.2, 0) is 0 Å². The summed E-state index contributed by atoms with van der Waals surface area (Å²) in [5.41, 5.74) is 3.31. The van der Waals surface area contributed by atoms with E-state index < -0.39 is 0 Å². The Morgan fingerprint density at radius 1 is 0.682 bits per heavy atom. The van der Waals surface area contributed by atoms with E-state index in [0.717, 1.165) is 11.2 Å². The third-order valence-corrected chi connectivity index (χ3v) is 5.36. The molecule has 1 nitrogen and oxygen atoms in total. The fourth-order valence-corrected chi connectivity index (χ4v) is 4.65. The number of rotatable bonds is 1.